The van der Waals surface area contributed by atoms with Crippen LogP contribution in [0.2, 0.25) is 0 Å². The molecule has 1 N–H and O–H groups in total. The molecule has 0 aromatic carbocycles. The minimum Gasteiger partial charge on any atom is -0.303 e. The molecular weight excluding hydrogens is 330 g/mol. The zero-order valence-corrected chi connectivity index (χ0v) is 15.8. The van der Waals surface area contributed by atoms with E-state index in [9.17, 15) is 4.79 Å². The van der Waals surface area contributed by atoms with Crippen molar-refractivity contribution in [1.82, 2.24) is 9.88 Å². The Hall–Kier alpha value is -0.940. The van der Waals surface area contributed by atoms with E-state index in [4.69, 9.17) is 4.98 Å². The number of amides is 1. The number of hydrogen-bond donors (Lipinski definition) is 1. The molecule has 25 heavy (non-hydrogen) atoms. The monoisotopic (exact) mass is 359 g/mol. The first-order valence-electron chi connectivity index (χ1n) is 10.2. The van der Waals surface area contributed by atoms with Crippen LogP contribution in [0.15, 0.2) is 5.38 Å². The highest BCUT2D eigenvalue weighted by Crippen LogP contribution is 2.60. The van der Waals surface area contributed by atoms with Gasteiger partial charge < -0.3 is 10.2 Å². The average molecular weight is 360 g/mol. The van der Waals surface area contributed by atoms with Crippen LogP contribution in [0.3, 0.4) is 0 Å². The molecule has 1 aromatic heterocycles. The molecule has 4 saturated carbocycles. The second kappa shape index (κ2) is 6.34. The number of hydrogen-bond acceptors (Lipinski definition) is 4. The number of likely N-dealkylation sites (tertiary alicyclic amines) is 1. The van der Waals surface area contributed by atoms with E-state index in [0.29, 0.717) is 11.8 Å². The van der Waals surface area contributed by atoms with E-state index in [0.717, 1.165) is 42.5 Å². The number of rotatable bonds is 5. The zero-order chi connectivity index (χ0) is 16.9. The smallest absolute Gasteiger partial charge is 0.227 e. The minimum absolute atomic E-state index is 0.123. The summed E-state index contributed by atoms with van der Waals surface area (Å²) in [7, 11) is 0. The molecule has 4 aliphatic carbocycles. The zero-order valence-electron chi connectivity index (χ0n) is 15.0. The lowest BCUT2D eigenvalue weighted by molar-refractivity contribution is -0.116. The summed E-state index contributed by atoms with van der Waals surface area (Å²) in [6, 6.07) is 0. The average Bonchev–Trinajstić information content (AvgIpc) is 3.23. The van der Waals surface area contributed by atoms with Gasteiger partial charge in [-0.25, -0.2) is 4.98 Å². The number of nitrogens with zero attached hydrogens (tertiary/aromatic N) is 2. The van der Waals surface area contributed by atoms with E-state index >= 15 is 0 Å². The van der Waals surface area contributed by atoms with Gasteiger partial charge in [-0.05, 0) is 82.2 Å². The van der Waals surface area contributed by atoms with Gasteiger partial charge in [-0.3, -0.25) is 4.79 Å². The standard InChI is InChI=1S/C20H29N3OS/c24-18(3-6-23-4-1-2-5-23)22-19-21-17(13-25-19)20-10-14-7-15(11-20)9-16(8-14)12-20/h13-16H,1-12H2,(H,21,22,24). The summed E-state index contributed by atoms with van der Waals surface area (Å²) >= 11 is 1.63. The molecule has 0 radical (unpaired) electrons. The van der Waals surface area contributed by atoms with E-state index in [-0.39, 0.29) is 5.91 Å². The quantitative estimate of drug-likeness (QED) is 0.863. The molecule has 0 atom stereocenters. The van der Waals surface area contributed by atoms with Gasteiger partial charge in [0, 0.05) is 23.8 Å². The fourth-order valence-corrected chi connectivity index (χ4v) is 7.30. The molecule has 5 heteroatoms. The van der Waals surface area contributed by atoms with Crippen LogP contribution in [0.5, 0.6) is 0 Å². The predicted molar refractivity (Wildman–Crippen MR) is 101 cm³/mol. The Labute approximate surface area is 154 Å². The molecule has 5 fully saturated rings. The number of aromatic nitrogens is 1. The third-order valence-electron chi connectivity index (χ3n) is 7.19. The first kappa shape index (κ1) is 16.2. The van der Waals surface area contributed by atoms with Gasteiger partial charge in [0.25, 0.3) is 0 Å². The van der Waals surface area contributed by atoms with Crippen LogP contribution in [0.4, 0.5) is 5.13 Å². The fraction of sp³-hybridized carbons (Fsp3) is 0.800. The molecule has 5 aliphatic rings. The summed E-state index contributed by atoms with van der Waals surface area (Å²) in [5.74, 6) is 2.93. The maximum Gasteiger partial charge on any atom is 0.227 e. The van der Waals surface area contributed by atoms with E-state index in [1.54, 1.807) is 11.3 Å². The molecule has 0 unspecified atom stereocenters. The molecule has 1 amide bonds. The highest BCUT2D eigenvalue weighted by Gasteiger charge is 2.52. The molecule has 6 rings (SSSR count). The van der Waals surface area contributed by atoms with E-state index in [2.05, 4.69) is 15.6 Å². The number of thiazole rings is 1. The van der Waals surface area contributed by atoms with Crippen LogP contribution in [0, 0.1) is 17.8 Å². The molecule has 4 bridgehead atoms. The molecule has 1 aromatic rings. The second-order valence-electron chi connectivity index (χ2n) is 9.08. The maximum atomic E-state index is 12.3. The Morgan fingerprint density at radius 2 is 1.80 bits per heavy atom. The number of carbonyl (C=O) groups excluding carboxylic acids is 1. The molecular formula is C20H29N3OS. The van der Waals surface area contributed by atoms with Gasteiger partial charge in [-0.15, -0.1) is 11.3 Å². The van der Waals surface area contributed by atoms with Crippen LogP contribution in [-0.2, 0) is 10.2 Å². The summed E-state index contributed by atoms with van der Waals surface area (Å²) in [5.41, 5.74) is 1.62. The lowest BCUT2D eigenvalue weighted by Crippen LogP contribution is -2.48. The summed E-state index contributed by atoms with van der Waals surface area (Å²) in [6.07, 6.45) is 11.6. The highest BCUT2D eigenvalue weighted by atomic mass is 32.1. The molecule has 0 spiro atoms. The third-order valence-corrected chi connectivity index (χ3v) is 7.94. The van der Waals surface area contributed by atoms with Gasteiger partial charge in [0.15, 0.2) is 5.13 Å². The summed E-state index contributed by atoms with van der Waals surface area (Å²) < 4.78 is 0. The fourth-order valence-electron chi connectivity index (χ4n) is 6.45. The summed E-state index contributed by atoms with van der Waals surface area (Å²) in [5, 5.41) is 6.12. The van der Waals surface area contributed by atoms with Gasteiger partial charge in [-0.1, -0.05) is 0 Å². The Morgan fingerprint density at radius 3 is 2.44 bits per heavy atom. The lowest BCUT2D eigenvalue weighted by Gasteiger charge is -2.56. The van der Waals surface area contributed by atoms with Crippen molar-refractivity contribution in [3.05, 3.63) is 11.1 Å². The maximum absolute atomic E-state index is 12.3. The summed E-state index contributed by atoms with van der Waals surface area (Å²) in [4.78, 5) is 19.5. The lowest BCUT2D eigenvalue weighted by atomic mass is 9.49. The van der Waals surface area contributed by atoms with Crippen LogP contribution in [-0.4, -0.2) is 35.4 Å². The van der Waals surface area contributed by atoms with E-state index < -0.39 is 0 Å². The number of anilines is 1. The number of carbonyl (C=O) groups is 1. The van der Waals surface area contributed by atoms with Crippen LogP contribution < -0.4 is 5.32 Å². The van der Waals surface area contributed by atoms with Crippen molar-refractivity contribution in [2.75, 3.05) is 25.0 Å². The first-order chi connectivity index (χ1) is 12.2. The van der Waals surface area contributed by atoms with Gasteiger partial charge in [0.05, 0.1) is 5.69 Å². The SMILES string of the molecule is O=C(CCN1CCCC1)Nc1nc(C23CC4CC(CC(C4)C2)C3)cs1. The van der Waals surface area contributed by atoms with Gasteiger partial charge in [0.1, 0.15) is 0 Å². The minimum atomic E-state index is 0.123. The van der Waals surface area contributed by atoms with Crippen LogP contribution >= 0.6 is 11.3 Å². The van der Waals surface area contributed by atoms with Gasteiger partial charge in [-0.2, -0.15) is 0 Å². The summed E-state index contributed by atoms with van der Waals surface area (Å²) in [6.45, 7) is 3.19. The molecule has 4 nitrogen and oxygen atoms in total. The third kappa shape index (κ3) is 3.14. The van der Waals surface area contributed by atoms with Gasteiger partial charge in [0.2, 0.25) is 5.91 Å². The van der Waals surface area contributed by atoms with E-state index in [1.807, 2.05) is 0 Å². The topological polar surface area (TPSA) is 45.2 Å². The van der Waals surface area contributed by atoms with Crippen molar-refractivity contribution in [1.29, 1.82) is 0 Å². The molecule has 1 saturated heterocycles. The number of nitrogens with one attached hydrogen (secondary N) is 1. The van der Waals surface area contributed by atoms with Crippen LogP contribution in [0.1, 0.15) is 63.5 Å². The first-order valence-corrected chi connectivity index (χ1v) is 11.0. The predicted octanol–water partition coefficient (Wildman–Crippen LogP) is 4.04. The van der Waals surface area contributed by atoms with Crippen molar-refractivity contribution in [2.45, 2.75) is 63.2 Å². The van der Waals surface area contributed by atoms with Crippen molar-refractivity contribution in [2.24, 2.45) is 17.8 Å². The normalized spacial score (nSPS) is 36.9. The molecule has 2 heterocycles. The Balaban J connectivity index is 1.22. The largest absolute Gasteiger partial charge is 0.303 e. The highest BCUT2D eigenvalue weighted by molar-refractivity contribution is 7.13. The Bertz CT molecular complexity index is 614. The van der Waals surface area contributed by atoms with E-state index in [1.165, 1.54) is 57.1 Å². The Morgan fingerprint density at radius 1 is 1.16 bits per heavy atom. The molecule has 1 aliphatic heterocycles. The van der Waals surface area contributed by atoms with Crippen molar-refractivity contribution in [3.8, 4) is 0 Å². The molecule has 136 valence electrons. The van der Waals surface area contributed by atoms with Crippen LogP contribution in [0.25, 0.3) is 0 Å². The van der Waals surface area contributed by atoms with Gasteiger partial charge >= 0.3 is 0 Å². The second-order valence-corrected chi connectivity index (χ2v) is 9.94. The van der Waals surface area contributed by atoms with Crippen molar-refractivity contribution < 1.29 is 4.79 Å². The van der Waals surface area contributed by atoms with Crippen molar-refractivity contribution in [3.63, 3.8) is 0 Å². The van der Waals surface area contributed by atoms with Crippen molar-refractivity contribution >= 4 is 22.4 Å². The Kier molecular flexibility index (Phi) is 4.12.